The molecule has 0 spiro atoms. The molecule has 1 atom stereocenters. The van der Waals surface area contributed by atoms with Gasteiger partial charge in [0.2, 0.25) is 5.91 Å². The molecule has 7 heteroatoms. The van der Waals surface area contributed by atoms with Gasteiger partial charge in [0, 0.05) is 11.4 Å². The molecule has 3 aromatic carbocycles. The van der Waals surface area contributed by atoms with Crippen molar-refractivity contribution < 1.29 is 14.0 Å². The molecule has 158 valence electrons. The molecule has 0 aliphatic carbocycles. The fraction of sp³-hybridized carbons (Fsp3) is 0.167. The summed E-state index contributed by atoms with van der Waals surface area (Å²) in [6, 6.07) is 20.8. The predicted octanol–water partition coefficient (Wildman–Crippen LogP) is 5.81. The second kappa shape index (κ2) is 9.22. The minimum Gasteiger partial charge on any atom is -0.308 e. The zero-order valence-electron chi connectivity index (χ0n) is 17.0. The molecule has 0 bridgehead atoms. The van der Waals surface area contributed by atoms with Gasteiger partial charge < -0.3 is 10.6 Å². The van der Waals surface area contributed by atoms with Crippen LogP contribution in [0, 0.1) is 5.82 Å². The summed E-state index contributed by atoms with van der Waals surface area (Å²) in [6.07, 6.45) is 0.810. The van der Waals surface area contributed by atoms with Crippen LogP contribution in [-0.4, -0.2) is 17.7 Å². The van der Waals surface area contributed by atoms with Crippen LogP contribution in [0.1, 0.15) is 23.4 Å². The number of amides is 3. The highest BCUT2D eigenvalue weighted by molar-refractivity contribution is 8.00. The number of para-hydroxylation sites is 2. The lowest BCUT2D eigenvalue weighted by Gasteiger charge is -2.25. The number of nitrogens with zero attached hydrogens (tertiary/aromatic N) is 1. The average Bonchev–Trinajstić information content (AvgIpc) is 3.16. The van der Waals surface area contributed by atoms with E-state index in [1.54, 1.807) is 24.3 Å². The van der Waals surface area contributed by atoms with Gasteiger partial charge in [0.15, 0.2) is 0 Å². The molecule has 1 saturated heterocycles. The van der Waals surface area contributed by atoms with Gasteiger partial charge in [0.25, 0.3) is 0 Å². The van der Waals surface area contributed by atoms with Crippen molar-refractivity contribution in [3.05, 3.63) is 89.7 Å². The van der Waals surface area contributed by atoms with E-state index in [0.717, 1.165) is 23.2 Å². The number of nitrogens with one attached hydrogen (secondary N) is 2. The SMILES string of the molecule is CCc1ccccc1NC(=O)Nc1cccc([C@@H]2SCC(=O)N2c2ccccc2F)c1. The third-order valence-corrected chi connectivity index (χ3v) is 6.27. The van der Waals surface area contributed by atoms with Crippen molar-refractivity contribution >= 4 is 40.8 Å². The summed E-state index contributed by atoms with van der Waals surface area (Å²) in [6.45, 7) is 2.03. The Balaban J connectivity index is 1.53. The number of hydrogen-bond acceptors (Lipinski definition) is 3. The number of halogens is 1. The van der Waals surface area contributed by atoms with Gasteiger partial charge in [-0.1, -0.05) is 49.4 Å². The topological polar surface area (TPSA) is 61.4 Å². The lowest BCUT2D eigenvalue weighted by molar-refractivity contribution is -0.115. The van der Waals surface area contributed by atoms with Crippen LogP contribution in [0.3, 0.4) is 0 Å². The standard InChI is InChI=1S/C24H22FN3O2S/c1-2-16-8-3-5-12-20(16)27-24(30)26-18-10-7-9-17(14-18)23-28(22(29)15-31-23)21-13-6-4-11-19(21)25/h3-14,23H,2,15H2,1H3,(H2,26,27,30)/t23-/m0/s1. The van der Waals surface area contributed by atoms with Gasteiger partial charge in [-0.05, 0) is 47.9 Å². The van der Waals surface area contributed by atoms with Crippen LogP contribution in [0.25, 0.3) is 0 Å². The molecule has 1 heterocycles. The highest BCUT2D eigenvalue weighted by Crippen LogP contribution is 2.42. The molecule has 0 unspecified atom stereocenters. The molecule has 4 rings (SSSR count). The van der Waals surface area contributed by atoms with Crippen LogP contribution in [-0.2, 0) is 11.2 Å². The van der Waals surface area contributed by atoms with Gasteiger partial charge in [-0.15, -0.1) is 11.8 Å². The smallest absolute Gasteiger partial charge is 0.308 e. The van der Waals surface area contributed by atoms with Crippen molar-refractivity contribution in [2.45, 2.75) is 18.7 Å². The summed E-state index contributed by atoms with van der Waals surface area (Å²) in [5.74, 6) is -0.315. The van der Waals surface area contributed by atoms with E-state index in [1.165, 1.54) is 22.7 Å². The van der Waals surface area contributed by atoms with Gasteiger partial charge in [-0.3, -0.25) is 9.69 Å². The number of carbonyl (C=O) groups is 2. The second-order valence-corrected chi connectivity index (χ2v) is 8.16. The number of anilines is 3. The van der Waals surface area contributed by atoms with E-state index in [0.29, 0.717) is 5.69 Å². The molecule has 1 fully saturated rings. The van der Waals surface area contributed by atoms with Crippen molar-refractivity contribution in [2.24, 2.45) is 0 Å². The normalized spacial score (nSPS) is 15.7. The van der Waals surface area contributed by atoms with Crippen molar-refractivity contribution in [2.75, 3.05) is 21.3 Å². The third kappa shape index (κ3) is 4.56. The van der Waals surface area contributed by atoms with E-state index in [2.05, 4.69) is 10.6 Å². The number of benzene rings is 3. The van der Waals surface area contributed by atoms with Crippen LogP contribution >= 0.6 is 11.8 Å². The summed E-state index contributed by atoms with van der Waals surface area (Å²) in [5, 5.41) is 5.36. The van der Waals surface area contributed by atoms with E-state index < -0.39 is 5.82 Å². The Labute approximate surface area is 184 Å². The lowest BCUT2D eigenvalue weighted by Crippen LogP contribution is -2.28. The molecule has 0 radical (unpaired) electrons. The zero-order valence-corrected chi connectivity index (χ0v) is 17.8. The minimum absolute atomic E-state index is 0.146. The minimum atomic E-state index is -0.438. The summed E-state index contributed by atoms with van der Waals surface area (Å²) in [5.41, 5.74) is 3.48. The van der Waals surface area contributed by atoms with Crippen molar-refractivity contribution in [3.63, 3.8) is 0 Å². The Morgan fingerprint density at radius 1 is 1.06 bits per heavy atom. The first kappa shape index (κ1) is 20.9. The van der Waals surface area contributed by atoms with Crippen molar-refractivity contribution in [3.8, 4) is 0 Å². The maximum atomic E-state index is 14.4. The van der Waals surface area contributed by atoms with Crippen LogP contribution in [0.5, 0.6) is 0 Å². The van der Waals surface area contributed by atoms with Crippen LogP contribution in [0.15, 0.2) is 72.8 Å². The monoisotopic (exact) mass is 435 g/mol. The average molecular weight is 436 g/mol. The fourth-order valence-corrected chi connectivity index (χ4v) is 4.74. The Bertz CT molecular complexity index is 1120. The van der Waals surface area contributed by atoms with Crippen LogP contribution in [0.2, 0.25) is 0 Å². The predicted molar refractivity (Wildman–Crippen MR) is 124 cm³/mol. The molecule has 1 aliphatic heterocycles. The number of carbonyl (C=O) groups excluding carboxylic acids is 2. The van der Waals surface area contributed by atoms with Crippen molar-refractivity contribution in [1.29, 1.82) is 0 Å². The van der Waals surface area contributed by atoms with E-state index in [9.17, 15) is 14.0 Å². The molecule has 5 nitrogen and oxygen atoms in total. The Hall–Kier alpha value is -3.32. The first-order valence-corrected chi connectivity index (χ1v) is 11.1. The highest BCUT2D eigenvalue weighted by Gasteiger charge is 2.35. The highest BCUT2D eigenvalue weighted by atomic mass is 32.2. The molecule has 0 aromatic heterocycles. The van der Waals surface area contributed by atoms with Gasteiger partial charge in [0.1, 0.15) is 11.2 Å². The summed E-state index contributed by atoms with van der Waals surface area (Å²) in [4.78, 5) is 26.5. The quantitative estimate of drug-likeness (QED) is 0.532. The molecular formula is C24H22FN3O2S. The van der Waals surface area contributed by atoms with Gasteiger partial charge in [0.05, 0.1) is 11.4 Å². The Morgan fingerprint density at radius 3 is 2.65 bits per heavy atom. The number of hydrogen-bond donors (Lipinski definition) is 2. The number of aryl methyl sites for hydroxylation is 1. The maximum absolute atomic E-state index is 14.4. The first-order chi connectivity index (χ1) is 15.1. The molecule has 3 aromatic rings. The molecule has 3 amide bonds. The van der Waals surface area contributed by atoms with E-state index in [1.807, 2.05) is 49.4 Å². The van der Waals surface area contributed by atoms with E-state index >= 15 is 0 Å². The maximum Gasteiger partial charge on any atom is 0.323 e. The molecule has 31 heavy (non-hydrogen) atoms. The Kier molecular flexibility index (Phi) is 6.23. The van der Waals surface area contributed by atoms with Gasteiger partial charge in [-0.2, -0.15) is 0 Å². The fourth-order valence-electron chi connectivity index (χ4n) is 3.58. The molecule has 2 N–H and O–H groups in total. The zero-order chi connectivity index (χ0) is 21.8. The van der Waals surface area contributed by atoms with Gasteiger partial charge in [-0.25, -0.2) is 9.18 Å². The first-order valence-electron chi connectivity index (χ1n) is 10.0. The van der Waals surface area contributed by atoms with E-state index in [-0.39, 0.29) is 28.8 Å². The summed E-state index contributed by atoms with van der Waals surface area (Å²) < 4.78 is 14.4. The number of rotatable bonds is 5. The number of thioether (sulfide) groups is 1. The van der Waals surface area contributed by atoms with Crippen LogP contribution in [0.4, 0.5) is 26.2 Å². The summed E-state index contributed by atoms with van der Waals surface area (Å²) >= 11 is 1.43. The largest absolute Gasteiger partial charge is 0.323 e. The third-order valence-electron chi connectivity index (χ3n) is 5.06. The molecular weight excluding hydrogens is 413 g/mol. The van der Waals surface area contributed by atoms with Crippen LogP contribution < -0.4 is 15.5 Å². The second-order valence-electron chi connectivity index (χ2n) is 7.09. The lowest BCUT2D eigenvalue weighted by atomic mass is 10.1. The van der Waals surface area contributed by atoms with E-state index in [4.69, 9.17) is 0 Å². The summed E-state index contributed by atoms with van der Waals surface area (Å²) in [7, 11) is 0. The van der Waals surface area contributed by atoms with Crippen molar-refractivity contribution in [1.82, 2.24) is 0 Å². The molecule has 0 saturated carbocycles. The number of urea groups is 1. The van der Waals surface area contributed by atoms with Gasteiger partial charge >= 0.3 is 6.03 Å². The molecule has 1 aliphatic rings. The Morgan fingerprint density at radius 2 is 1.84 bits per heavy atom.